The minimum Gasteiger partial charge on any atom is -0.507 e. The van der Waals surface area contributed by atoms with Gasteiger partial charge >= 0.3 is 0 Å². The minimum atomic E-state index is -0.402. The molecule has 0 bridgehead atoms. The second-order valence-electron chi connectivity index (χ2n) is 3.06. The van der Waals surface area contributed by atoms with Gasteiger partial charge < -0.3 is 5.11 Å². The van der Waals surface area contributed by atoms with E-state index in [-0.39, 0.29) is 11.3 Å². The summed E-state index contributed by atoms with van der Waals surface area (Å²) < 4.78 is 0. The minimum absolute atomic E-state index is 0.0410. The van der Waals surface area contributed by atoms with E-state index in [0.717, 1.165) is 12.8 Å². The summed E-state index contributed by atoms with van der Waals surface area (Å²) >= 11 is 0. The maximum Gasteiger partial charge on any atom is 0.275 e. The second-order valence-corrected chi connectivity index (χ2v) is 3.06. The van der Waals surface area contributed by atoms with Crippen molar-refractivity contribution in [2.45, 2.75) is 19.8 Å². The van der Waals surface area contributed by atoms with Crippen LogP contribution in [0.15, 0.2) is 29.4 Å². The number of nitrogens with one attached hydrogen (secondary N) is 1. The predicted octanol–water partition coefficient (Wildman–Crippen LogP) is 1.91. The molecule has 0 atom stereocenters. The Kier molecular flexibility index (Phi) is 4.34. The van der Waals surface area contributed by atoms with Gasteiger partial charge in [-0.05, 0) is 18.6 Å². The highest BCUT2D eigenvalue weighted by Crippen LogP contribution is 2.14. The van der Waals surface area contributed by atoms with Gasteiger partial charge in [0.2, 0.25) is 0 Å². The number of nitrogens with zero attached hydrogens (tertiary/aromatic N) is 1. The van der Waals surface area contributed by atoms with E-state index in [1.807, 2.05) is 6.92 Å². The zero-order valence-corrected chi connectivity index (χ0v) is 8.60. The van der Waals surface area contributed by atoms with Crippen LogP contribution >= 0.6 is 0 Å². The molecule has 0 aliphatic rings. The lowest BCUT2D eigenvalue weighted by Crippen LogP contribution is -2.17. The van der Waals surface area contributed by atoms with E-state index in [1.54, 1.807) is 24.4 Å². The second kappa shape index (κ2) is 5.80. The smallest absolute Gasteiger partial charge is 0.275 e. The molecule has 0 saturated heterocycles. The average Bonchev–Trinajstić information content (AvgIpc) is 2.25. The largest absolute Gasteiger partial charge is 0.507 e. The van der Waals surface area contributed by atoms with Gasteiger partial charge in [0, 0.05) is 6.21 Å². The van der Waals surface area contributed by atoms with Crippen molar-refractivity contribution in [2.75, 3.05) is 0 Å². The summed E-state index contributed by atoms with van der Waals surface area (Å²) in [5, 5.41) is 13.1. The van der Waals surface area contributed by atoms with Gasteiger partial charge in [0.1, 0.15) is 5.75 Å². The van der Waals surface area contributed by atoms with E-state index in [9.17, 15) is 9.90 Å². The Morgan fingerprint density at radius 2 is 2.27 bits per heavy atom. The number of phenols is 1. The van der Waals surface area contributed by atoms with Crippen molar-refractivity contribution in [2.24, 2.45) is 5.10 Å². The van der Waals surface area contributed by atoms with E-state index in [4.69, 9.17) is 0 Å². The summed E-state index contributed by atoms with van der Waals surface area (Å²) in [4.78, 5) is 11.4. The van der Waals surface area contributed by atoms with Crippen molar-refractivity contribution in [3.05, 3.63) is 29.8 Å². The van der Waals surface area contributed by atoms with Crippen molar-refractivity contribution in [1.82, 2.24) is 5.43 Å². The summed E-state index contributed by atoms with van der Waals surface area (Å²) in [6.07, 6.45) is 3.44. The summed E-state index contributed by atoms with van der Waals surface area (Å²) in [6.45, 7) is 2.02. The maximum atomic E-state index is 11.4. The molecule has 0 aliphatic heterocycles. The fraction of sp³-hybridized carbons (Fsp3) is 0.273. The van der Waals surface area contributed by atoms with Gasteiger partial charge in [-0.3, -0.25) is 4.79 Å². The third kappa shape index (κ3) is 3.42. The molecule has 0 heterocycles. The number of unbranched alkanes of at least 4 members (excludes halogenated alkanes) is 1. The number of amides is 1. The lowest BCUT2D eigenvalue weighted by molar-refractivity contribution is 0.0952. The standard InChI is InChI=1S/C11H14N2O2/c1-2-3-8-12-13-11(15)9-6-4-5-7-10(9)14/h4-8,14H,2-3H2,1H3,(H,13,15)/b12-8-. The van der Waals surface area contributed by atoms with Crippen LogP contribution in [0, 0.1) is 0 Å². The summed E-state index contributed by atoms with van der Waals surface area (Å²) in [7, 11) is 0. The molecule has 80 valence electrons. The van der Waals surface area contributed by atoms with Gasteiger partial charge in [0.05, 0.1) is 5.56 Å². The topological polar surface area (TPSA) is 61.7 Å². The molecule has 1 aromatic carbocycles. The van der Waals surface area contributed by atoms with Gasteiger partial charge in [-0.15, -0.1) is 0 Å². The fourth-order valence-electron chi connectivity index (χ4n) is 1.02. The van der Waals surface area contributed by atoms with Gasteiger partial charge in [-0.25, -0.2) is 5.43 Å². The highest BCUT2D eigenvalue weighted by atomic mass is 16.3. The molecular formula is C11H14N2O2. The first-order valence-electron chi connectivity index (χ1n) is 4.85. The van der Waals surface area contributed by atoms with E-state index in [0.29, 0.717) is 0 Å². The van der Waals surface area contributed by atoms with Crippen LogP contribution in [0.5, 0.6) is 5.75 Å². The number of para-hydroxylation sites is 1. The Labute approximate surface area is 88.6 Å². The number of rotatable bonds is 4. The molecular weight excluding hydrogens is 192 g/mol. The van der Waals surface area contributed by atoms with Crippen molar-refractivity contribution >= 4 is 12.1 Å². The van der Waals surface area contributed by atoms with E-state index >= 15 is 0 Å². The van der Waals surface area contributed by atoms with Crippen molar-refractivity contribution in [3.63, 3.8) is 0 Å². The monoisotopic (exact) mass is 206 g/mol. The van der Waals surface area contributed by atoms with E-state index < -0.39 is 5.91 Å². The van der Waals surface area contributed by atoms with Gasteiger partial charge in [0.15, 0.2) is 0 Å². The van der Waals surface area contributed by atoms with Crippen molar-refractivity contribution in [3.8, 4) is 5.75 Å². The summed E-state index contributed by atoms with van der Waals surface area (Å²) in [6, 6.07) is 6.35. The predicted molar refractivity (Wildman–Crippen MR) is 59.0 cm³/mol. The SMILES string of the molecule is CCC/C=N\NC(=O)c1ccccc1O. The number of benzene rings is 1. The van der Waals surface area contributed by atoms with Crippen LogP contribution in [0.2, 0.25) is 0 Å². The fourth-order valence-corrected chi connectivity index (χ4v) is 1.02. The molecule has 0 radical (unpaired) electrons. The number of phenolic OH excluding ortho intramolecular Hbond substituents is 1. The number of hydrogen-bond donors (Lipinski definition) is 2. The number of hydrazone groups is 1. The molecule has 1 amide bonds. The van der Waals surface area contributed by atoms with E-state index in [2.05, 4.69) is 10.5 Å². The molecule has 4 nitrogen and oxygen atoms in total. The summed E-state index contributed by atoms with van der Waals surface area (Å²) in [5.41, 5.74) is 2.57. The number of carbonyl (C=O) groups excluding carboxylic acids is 1. The first-order chi connectivity index (χ1) is 7.25. The Hall–Kier alpha value is -1.84. The lowest BCUT2D eigenvalue weighted by atomic mass is 10.2. The molecule has 1 rings (SSSR count). The highest BCUT2D eigenvalue weighted by molar-refractivity contribution is 5.96. The molecule has 0 fully saturated rings. The maximum absolute atomic E-state index is 11.4. The highest BCUT2D eigenvalue weighted by Gasteiger charge is 2.07. The zero-order valence-electron chi connectivity index (χ0n) is 8.60. The van der Waals surface area contributed by atoms with Crippen LogP contribution < -0.4 is 5.43 Å². The molecule has 0 saturated carbocycles. The molecule has 0 spiro atoms. The Morgan fingerprint density at radius 3 is 2.93 bits per heavy atom. The molecule has 15 heavy (non-hydrogen) atoms. The summed E-state index contributed by atoms with van der Waals surface area (Å²) in [5.74, 6) is -0.443. The molecule has 1 aromatic rings. The van der Waals surface area contributed by atoms with Crippen LogP contribution in [0.25, 0.3) is 0 Å². The van der Waals surface area contributed by atoms with Gasteiger partial charge in [-0.1, -0.05) is 25.5 Å². The molecule has 4 heteroatoms. The molecule has 2 N–H and O–H groups in total. The van der Waals surface area contributed by atoms with Crippen LogP contribution in [-0.4, -0.2) is 17.2 Å². The molecule has 0 aliphatic carbocycles. The number of hydrogen-bond acceptors (Lipinski definition) is 3. The quantitative estimate of drug-likeness (QED) is 0.584. The van der Waals surface area contributed by atoms with Crippen LogP contribution in [0.4, 0.5) is 0 Å². The van der Waals surface area contributed by atoms with Crippen LogP contribution in [0.3, 0.4) is 0 Å². The Balaban J connectivity index is 2.58. The Morgan fingerprint density at radius 1 is 1.53 bits per heavy atom. The van der Waals surface area contributed by atoms with E-state index in [1.165, 1.54) is 6.07 Å². The van der Waals surface area contributed by atoms with Gasteiger partial charge in [0.25, 0.3) is 5.91 Å². The first kappa shape index (κ1) is 11.2. The van der Waals surface area contributed by atoms with Crippen LogP contribution in [-0.2, 0) is 0 Å². The third-order valence-corrected chi connectivity index (χ3v) is 1.82. The number of aromatic hydroxyl groups is 1. The zero-order chi connectivity index (χ0) is 11.1. The van der Waals surface area contributed by atoms with Gasteiger partial charge in [-0.2, -0.15) is 5.10 Å². The number of carbonyl (C=O) groups is 1. The lowest BCUT2D eigenvalue weighted by Gasteiger charge is -2.01. The Bertz CT molecular complexity index is 361. The third-order valence-electron chi connectivity index (χ3n) is 1.82. The molecule has 0 aromatic heterocycles. The normalized spacial score (nSPS) is 10.5. The average molecular weight is 206 g/mol. The first-order valence-corrected chi connectivity index (χ1v) is 4.85. The van der Waals surface area contributed by atoms with Crippen molar-refractivity contribution in [1.29, 1.82) is 0 Å². The van der Waals surface area contributed by atoms with Crippen LogP contribution in [0.1, 0.15) is 30.1 Å². The molecule has 0 unspecified atom stereocenters. The van der Waals surface area contributed by atoms with Crippen molar-refractivity contribution < 1.29 is 9.90 Å².